The van der Waals surface area contributed by atoms with Gasteiger partial charge in [-0.3, -0.25) is 10.1 Å². The van der Waals surface area contributed by atoms with Gasteiger partial charge < -0.3 is 14.6 Å². The van der Waals surface area contributed by atoms with Crippen molar-refractivity contribution < 1.29 is 23.6 Å². The molecule has 4 amide bonds. The monoisotopic (exact) mass is 423 g/mol. The second kappa shape index (κ2) is 9.82. The predicted octanol–water partition coefficient (Wildman–Crippen LogP) is 3.16. The maximum atomic E-state index is 13.3. The first kappa shape index (κ1) is 23.5. The van der Waals surface area contributed by atoms with Gasteiger partial charge in [0.1, 0.15) is 11.6 Å². The molecule has 1 aliphatic rings. The molecule has 1 aromatic rings. The molecular weight excluding hydrogens is 390 g/mol. The van der Waals surface area contributed by atoms with Crippen molar-refractivity contribution in [1.82, 2.24) is 20.5 Å². The number of aromatic nitrogens is 1. The van der Waals surface area contributed by atoms with Crippen molar-refractivity contribution in [3.8, 4) is 0 Å². The number of nitrogens with one attached hydrogen (secondary N) is 2. The van der Waals surface area contributed by atoms with E-state index in [-0.39, 0.29) is 17.7 Å². The van der Waals surface area contributed by atoms with Crippen molar-refractivity contribution in [2.75, 3.05) is 18.4 Å². The summed E-state index contributed by atoms with van der Waals surface area (Å²) in [6, 6.07) is 0.349. The summed E-state index contributed by atoms with van der Waals surface area (Å²) in [5.74, 6) is -0.270. The fraction of sp³-hybridized carbons (Fsp3) is 0.700. The zero-order valence-electron chi connectivity index (χ0n) is 18.7. The number of hydrazine groups is 1. The molecule has 1 aromatic heterocycles. The summed E-state index contributed by atoms with van der Waals surface area (Å²) in [4.78, 5) is 38.3. The number of aryl methyl sites for hydroxylation is 1. The number of amides is 4. The molecule has 0 saturated carbocycles. The van der Waals surface area contributed by atoms with Crippen LogP contribution in [0.1, 0.15) is 60.1 Å². The zero-order valence-corrected chi connectivity index (χ0v) is 18.7. The van der Waals surface area contributed by atoms with Crippen molar-refractivity contribution >= 4 is 23.9 Å². The first-order valence-corrected chi connectivity index (χ1v) is 10.4. The Balaban J connectivity index is 2.11. The van der Waals surface area contributed by atoms with Crippen LogP contribution in [0, 0.1) is 5.92 Å². The van der Waals surface area contributed by atoms with Crippen molar-refractivity contribution in [1.29, 1.82) is 0 Å². The summed E-state index contributed by atoms with van der Waals surface area (Å²) in [6.07, 6.45) is 1.32. The van der Waals surface area contributed by atoms with Crippen LogP contribution in [0.25, 0.3) is 0 Å². The maximum absolute atomic E-state index is 13.3. The van der Waals surface area contributed by atoms with E-state index in [9.17, 15) is 14.4 Å². The Morgan fingerprint density at radius 2 is 1.90 bits per heavy atom. The third-order valence-corrected chi connectivity index (χ3v) is 4.82. The molecule has 1 saturated heterocycles. The second-order valence-corrected chi connectivity index (χ2v) is 8.41. The molecule has 2 unspecified atom stereocenters. The van der Waals surface area contributed by atoms with Gasteiger partial charge in [-0.2, -0.15) is 0 Å². The van der Waals surface area contributed by atoms with Crippen LogP contribution >= 0.6 is 0 Å². The number of ether oxygens (including phenoxy) is 1. The highest BCUT2D eigenvalue weighted by atomic mass is 16.6. The highest BCUT2D eigenvalue weighted by Crippen LogP contribution is 2.20. The molecular formula is C20H33N5O5. The standard InChI is InChI=1S/C20H33N5O5/c1-7-13(3)16(22-19(28)29-20(4,5)6)17(26)24-10-9-11-25(24)18(27)21-15-12-14(8-2)23-30-15/h12-13,16H,7-11H2,1-6H3,(H,21,27)(H,22,28). The van der Waals surface area contributed by atoms with Crippen molar-refractivity contribution in [3.05, 3.63) is 11.8 Å². The fourth-order valence-electron chi connectivity index (χ4n) is 3.04. The van der Waals surface area contributed by atoms with Crippen molar-refractivity contribution in [2.45, 2.75) is 72.4 Å². The number of urea groups is 1. The van der Waals surface area contributed by atoms with Crippen LogP contribution in [0.2, 0.25) is 0 Å². The highest BCUT2D eigenvalue weighted by molar-refractivity contribution is 5.92. The molecule has 10 nitrogen and oxygen atoms in total. The SMILES string of the molecule is CCc1cc(NC(=O)N2CCCN2C(=O)C(NC(=O)OC(C)(C)C)C(C)CC)on1. The number of hydrogen-bond acceptors (Lipinski definition) is 6. The molecule has 0 bridgehead atoms. The Kier molecular flexibility index (Phi) is 7.69. The van der Waals surface area contributed by atoms with Gasteiger partial charge in [-0.05, 0) is 39.5 Å². The predicted molar refractivity (Wildman–Crippen MR) is 111 cm³/mol. The Morgan fingerprint density at radius 3 is 2.47 bits per heavy atom. The quantitative estimate of drug-likeness (QED) is 0.726. The summed E-state index contributed by atoms with van der Waals surface area (Å²) in [5.41, 5.74) is 0.0410. The smallest absolute Gasteiger partial charge is 0.408 e. The summed E-state index contributed by atoms with van der Waals surface area (Å²) in [7, 11) is 0. The minimum Gasteiger partial charge on any atom is -0.444 e. The Morgan fingerprint density at radius 1 is 1.23 bits per heavy atom. The second-order valence-electron chi connectivity index (χ2n) is 8.41. The van der Waals surface area contributed by atoms with Gasteiger partial charge in [0.05, 0.1) is 5.69 Å². The van der Waals surface area contributed by atoms with E-state index in [1.54, 1.807) is 26.8 Å². The molecule has 1 fully saturated rings. The number of hydrogen-bond donors (Lipinski definition) is 2. The first-order valence-electron chi connectivity index (χ1n) is 10.4. The van der Waals surface area contributed by atoms with E-state index < -0.39 is 23.8 Å². The van der Waals surface area contributed by atoms with Gasteiger partial charge in [-0.25, -0.2) is 19.6 Å². The maximum Gasteiger partial charge on any atom is 0.408 e. The lowest BCUT2D eigenvalue weighted by Crippen LogP contribution is -2.56. The largest absolute Gasteiger partial charge is 0.444 e. The molecule has 2 atom stereocenters. The number of nitrogens with zero attached hydrogens (tertiary/aromatic N) is 3. The molecule has 2 heterocycles. The third-order valence-electron chi connectivity index (χ3n) is 4.82. The van der Waals surface area contributed by atoms with Crippen LogP contribution in [0.3, 0.4) is 0 Å². The number of rotatable bonds is 6. The van der Waals surface area contributed by atoms with Crippen LogP contribution in [0.4, 0.5) is 15.5 Å². The van der Waals surface area contributed by atoms with Gasteiger partial charge in [-0.1, -0.05) is 32.3 Å². The van der Waals surface area contributed by atoms with Gasteiger partial charge in [0.2, 0.25) is 5.88 Å². The summed E-state index contributed by atoms with van der Waals surface area (Å²) in [5, 5.41) is 11.9. The van der Waals surface area contributed by atoms with E-state index in [2.05, 4.69) is 15.8 Å². The molecule has 30 heavy (non-hydrogen) atoms. The van der Waals surface area contributed by atoms with Crippen LogP contribution in [-0.2, 0) is 16.0 Å². The lowest BCUT2D eigenvalue weighted by molar-refractivity contribution is -0.143. The average molecular weight is 424 g/mol. The summed E-state index contributed by atoms with van der Waals surface area (Å²) in [6.45, 7) is 11.8. The lowest BCUT2D eigenvalue weighted by atomic mass is 9.98. The fourth-order valence-corrected chi connectivity index (χ4v) is 3.04. The van der Waals surface area contributed by atoms with Crippen LogP contribution in [0.15, 0.2) is 10.6 Å². The Hall–Kier alpha value is -2.78. The Labute approximate surface area is 177 Å². The average Bonchev–Trinajstić information content (AvgIpc) is 3.32. The molecule has 168 valence electrons. The van der Waals surface area contributed by atoms with Gasteiger partial charge in [0.15, 0.2) is 0 Å². The lowest BCUT2D eigenvalue weighted by Gasteiger charge is -2.33. The molecule has 2 rings (SSSR count). The molecule has 0 aromatic carbocycles. The molecule has 0 spiro atoms. The van der Waals surface area contributed by atoms with E-state index in [0.29, 0.717) is 32.4 Å². The molecule has 10 heteroatoms. The number of carbonyl (C=O) groups excluding carboxylic acids is 3. The van der Waals surface area contributed by atoms with E-state index >= 15 is 0 Å². The van der Waals surface area contributed by atoms with E-state index in [1.165, 1.54) is 10.0 Å². The van der Waals surface area contributed by atoms with Crippen LogP contribution < -0.4 is 10.6 Å². The van der Waals surface area contributed by atoms with Crippen LogP contribution in [-0.4, -0.2) is 57.9 Å². The molecule has 0 radical (unpaired) electrons. The van der Waals surface area contributed by atoms with E-state index in [0.717, 1.165) is 5.69 Å². The minimum absolute atomic E-state index is 0.142. The molecule has 0 aliphatic carbocycles. The number of alkyl carbamates (subject to hydrolysis) is 1. The van der Waals surface area contributed by atoms with Gasteiger partial charge in [-0.15, -0.1) is 0 Å². The molecule has 1 aliphatic heterocycles. The van der Waals surface area contributed by atoms with E-state index in [4.69, 9.17) is 9.26 Å². The highest BCUT2D eigenvalue weighted by Gasteiger charge is 2.38. The molecule has 2 N–H and O–H groups in total. The minimum atomic E-state index is -0.810. The third kappa shape index (κ3) is 6.11. The number of anilines is 1. The summed E-state index contributed by atoms with van der Waals surface area (Å²) >= 11 is 0. The summed E-state index contributed by atoms with van der Waals surface area (Å²) < 4.78 is 10.4. The van der Waals surface area contributed by atoms with Crippen molar-refractivity contribution in [3.63, 3.8) is 0 Å². The Bertz CT molecular complexity index is 757. The van der Waals surface area contributed by atoms with Gasteiger partial charge in [0, 0.05) is 19.2 Å². The normalized spacial score (nSPS) is 16.2. The van der Waals surface area contributed by atoms with Crippen LogP contribution in [0.5, 0.6) is 0 Å². The zero-order chi connectivity index (χ0) is 22.5. The van der Waals surface area contributed by atoms with E-state index in [1.807, 2.05) is 20.8 Å². The van der Waals surface area contributed by atoms with Gasteiger partial charge in [0.25, 0.3) is 5.91 Å². The van der Waals surface area contributed by atoms with Crippen molar-refractivity contribution in [2.24, 2.45) is 5.92 Å². The number of carbonyl (C=O) groups is 3. The van der Waals surface area contributed by atoms with Gasteiger partial charge >= 0.3 is 12.1 Å². The first-order chi connectivity index (χ1) is 14.1. The topological polar surface area (TPSA) is 117 Å².